The van der Waals surface area contributed by atoms with Crippen LogP contribution in [-0.2, 0) is 14.4 Å². The number of likely N-dealkylation sites (N-methyl/N-ethyl adjacent to an activating group) is 1. The SMILES string of the molecule is CC(=O)Nc1ccc(C2=C(N(C)c3ccccc3)C(=O)N(c3ccccc3)C2=O)cc1. The van der Waals surface area contributed by atoms with Crippen LogP contribution in [0, 0.1) is 0 Å². The highest BCUT2D eigenvalue weighted by Crippen LogP contribution is 2.36. The monoisotopic (exact) mass is 411 g/mol. The second kappa shape index (κ2) is 8.28. The van der Waals surface area contributed by atoms with Gasteiger partial charge in [0.15, 0.2) is 0 Å². The Kier molecular flexibility index (Phi) is 5.37. The highest BCUT2D eigenvalue weighted by molar-refractivity contribution is 6.46. The van der Waals surface area contributed by atoms with Gasteiger partial charge < -0.3 is 10.2 Å². The molecule has 3 aromatic carbocycles. The lowest BCUT2D eigenvalue weighted by atomic mass is 10.0. The molecular formula is C25H21N3O3. The van der Waals surface area contributed by atoms with Crippen molar-refractivity contribution in [3.05, 3.63) is 96.2 Å². The first-order valence-electron chi connectivity index (χ1n) is 9.82. The number of hydrogen-bond acceptors (Lipinski definition) is 4. The summed E-state index contributed by atoms with van der Waals surface area (Å²) in [6, 6.07) is 25.2. The number of carbonyl (C=O) groups is 3. The summed E-state index contributed by atoms with van der Waals surface area (Å²) in [6.45, 7) is 1.43. The Balaban J connectivity index is 1.83. The number of nitrogens with one attached hydrogen (secondary N) is 1. The maximum Gasteiger partial charge on any atom is 0.282 e. The van der Waals surface area contributed by atoms with E-state index in [1.165, 1.54) is 11.8 Å². The van der Waals surface area contributed by atoms with E-state index in [0.717, 1.165) is 5.69 Å². The molecule has 3 amide bonds. The zero-order valence-corrected chi connectivity index (χ0v) is 17.2. The van der Waals surface area contributed by atoms with Crippen molar-refractivity contribution in [2.45, 2.75) is 6.92 Å². The summed E-state index contributed by atoms with van der Waals surface area (Å²) in [5.41, 5.74) is 3.14. The van der Waals surface area contributed by atoms with E-state index in [2.05, 4.69) is 5.32 Å². The van der Waals surface area contributed by atoms with E-state index < -0.39 is 0 Å². The maximum atomic E-state index is 13.5. The number of amides is 3. The third kappa shape index (κ3) is 3.83. The van der Waals surface area contributed by atoms with Gasteiger partial charge in [0.2, 0.25) is 5.91 Å². The molecule has 1 aliphatic rings. The van der Waals surface area contributed by atoms with Gasteiger partial charge in [0.1, 0.15) is 5.70 Å². The average Bonchev–Trinajstić information content (AvgIpc) is 3.04. The highest BCUT2D eigenvalue weighted by Gasteiger charge is 2.42. The topological polar surface area (TPSA) is 69.7 Å². The van der Waals surface area contributed by atoms with Crippen molar-refractivity contribution in [1.29, 1.82) is 0 Å². The molecule has 0 unspecified atom stereocenters. The Labute approximate surface area is 180 Å². The number of imide groups is 1. The average molecular weight is 411 g/mol. The zero-order chi connectivity index (χ0) is 22.0. The minimum Gasteiger partial charge on any atom is -0.339 e. The molecule has 0 atom stereocenters. The van der Waals surface area contributed by atoms with Gasteiger partial charge in [-0.2, -0.15) is 0 Å². The molecule has 0 radical (unpaired) electrons. The number of rotatable bonds is 5. The van der Waals surface area contributed by atoms with Crippen LogP contribution in [0.3, 0.4) is 0 Å². The highest BCUT2D eigenvalue weighted by atomic mass is 16.2. The summed E-state index contributed by atoms with van der Waals surface area (Å²) < 4.78 is 0. The predicted octanol–water partition coefficient (Wildman–Crippen LogP) is 4.07. The molecule has 4 rings (SSSR count). The standard InChI is InChI=1S/C25H21N3O3/c1-17(29)26-19-15-13-18(14-16-19)22-23(27(2)20-9-5-3-6-10-20)25(31)28(24(22)30)21-11-7-4-8-12-21/h3-16H,1-2H3,(H,26,29). The fourth-order valence-electron chi connectivity index (χ4n) is 3.61. The predicted molar refractivity (Wildman–Crippen MR) is 121 cm³/mol. The maximum absolute atomic E-state index is 13.5. The van der Waals surface area contributed by atoms with Gasteiger partial charge in [-0.1, -0.05) is 48.5 Å². The number of carbonyl (C=O) groups excluding carboxylic acids is 3. The van der Waals surface area contributed by atoms with Gasteiger partial charge in [0, 0.05) is 25.3 Å². The largest absolute Gasteiger partial charge is 0.339 e. The van der Waals surface area contributed by atoms with Crippen LogP contribution in [-0.4, -0.2) is 24.8 Å². The van der Waals surface area contributed by atoms with Gasteiger partial charge >= 0.3 is 0 Å². The van der Waals surface area contributed by atoms with E-state index in [1.54, 1.807) is 60.5 Å². The zero-order valence-electron chi connectivity index (χ0n) is 17.2. The van der Waals surface area contributed by atoms with Crippen LogP contribution >= 0.6 is 0 Å². The van der Waals surface area contributed by atoms with Crippen molar-refractivity contribution in [3.63, 3.8) is 0 Å². The third-order valence-electron chi connectivity index (χ3n) is 5.05. The van der Waals surface area contributed by atoms with Crippen LogP contribution < -0.4 is 15.1 Å². The number of benzene rings is 3. The lowest BCUT2D eigenvalue weighted by Crippen LogP contribution is -2.34. The smallest absolute Gasteiger partial charge is 0.282 e. The normalized spacial score (nSPS) is 13.5. The van der Waals surface area contributed by atoms with Crippen molar-refractivity contribution in [2.75, 3.05) is 22.2 Å². The molecule has 31 heavy (non-hydrogen) atoms. The number of anilines is 3. The van der Waals surface area contributed by atoms with E-state index in [0.29, 0.717) is 28.2 Å². The molecular weight excluding hydrogens is 390 g/mol. The number of nitrogens with zero attached hydrogens (tertiary/aromatic N) is 2. The van der Waals surface area contributed by atoms with E-state index in [1.807, 2.05) is 36.4 Å². The molecule has 0 fully saturated rings. The summed E-state index contributed by atoms with van der Waals surface area (Å²) in [6.07, 6.45) is 0. The van der Waals surface area contributed by atoms with Gasteiger partial charge in [-0.05, 0) is 42.0 Å². The van der Waals surface area contributed by atoms with E-state index in [-0.39, 0.29) is 17.7 Å². The van der Waals surface area contributed by atoms with Crippen LogP contribution in [0.5, 0.6) is 0 Å². The van der Waals surface area contributed by atoms with Gasteiger partial charge in [0.25, 0.3) is 11.8 Å². The Morgan fingerprint density at radius 1 is 0.806 bits per heavy atom. The Hall–Kier alpha value is -4.19. The summed E-state index contributed by atoms with van der Waals surface area (Å²) in [4.78, 5) is 41.2. The van der Waals surface area contributed by atoms with E-state index in [9.17, 15) is 14.4 Å². The fraction of sp³-hybridized carbons (Fsp3) is 0.0800. The van der Waals surface area contributed by atoms with Crippen LogP contribution in [0.2, 0.25) is 0 Å². The van der Waals surface area contributed by atoms with E-state index in [4.69, 9.17) is 0 Å². The minimum absolute atomic E-state index is 0.182. The molecule has 0 aliphatic carbocycles. The Morgan fingerprint density at radius 2 is 1.39 bits per heavy atom. The summed E-state index contributed by atoms with van der Waals surface area (Å²) >= 11 is 0. The first-order valence-corrected chi connectivity index (χ1v) is 9.82. The molecule has 6 nitrogen and oxygen atoms in total. The molecule has 6 heteroatoms. The molecule has 1 heterocycles. The van der Waals surface area contributed by atoms with E-state index >= 15 is 0 Å². The van der Waals surface area contributed by atoms with Crippen molar-refractivity contribution in [3.8, 4) is 0 Å². The lowest BCUT2D eigenvalue weighted by Gasteiger charge is -2.21. The molecule has 1 N–H and O–H groups in total. The van der Waals surface area contributed by atoms with Gasteiger partial charge in [-0.25, -0.2) is 4.90 Å². The Bertz CT molecular complexity index is 1170. The lowest BCUT2D eigenvalue weighted by molar-refractivity contribution is -0.120. The van der Waals surface area contributed by atoms with Crippen LogP contribution in [0.1, 0.15) is 12.5 Å². The molecule has 3 aromatic rings. The quantitative estimate of drug-likeness (QED) is 0.643. The molecule has 0 saturated carbocycles. The first-order chi connectivity index (χ1) is 15.0. The number of para-hydroxylation sites is 2. The van der Waals surface area contributed by atoms with Crippen LogP contribution in [0.25, 0.3) is 5.57 Å². The second-order valence-electron chi connectivity index (χ2n) is 7.16. The second-order valence-corrected chi connectivity index (χ2v) is 7.16. The molecule has 0 saturated heterocycles. The Morgan fingerprint density at radius 3 is 1.97 bits per heavy atom. The molecule has 1 aliphatic heterocycles. The van der Waals surface area contributed by atoms with Crippen molar-refractivity contribution < 1.29 is 14.4 Å². The summed E-state index contributed by atoms with van der Waals surface area (Å²) in [7, 11) is 1.77. The van der Waals surface area contributed by atoms with Crippen molar-refractivity contribution in [2.24, 2.45) is 0 Å². The molecule has 0 aromatic heterocycles. The summed E-state index contributed by atoms with van der Waals surface area (Å²) in [5.74, 6) is -0.955. The summed E-state index contributed by atoms with van der Waals surface area (Å²) in [5, 5.41) is 2.71. The fourth-order valence-corrected chi connectivity index (χ4v) is 3.61. The molecule has 154 valence electrons. The minimum atomic E-state index is -0.388. The molecule has 0 bridgehead atoms. The van der Waals surface area contributed by atoms with Crippen LogP contribution in [0.4, 0.5) is 17.1 Å². The first kappa shape index (κ1) is 20.1. The van der Waals surface area contributed by atoms with Gasteiger partial charge in [-0.15, -0.1) is 0 Å². The van der Waals surface area contributed by atoms with Gasteiger partial charge in [-0.3, -0.25) is 14.4 Å². The molecule has 0 spiro atoms. The van der Waals surface area contributed by atoms with Crippen molar-refractivity contribution in [1.82, 2.24) is 0 Å². The number of hydrogen-bond donors (Lipinski definition) is 1. The third-order valence-corrected chi connectivity index (χ3v) is 5.05. The van der Waals surface area contributed by atoms with Gasteiger partial charge in [0.05, 0.1) is 11.3 Å². The van der Waals surface area contributed by atoms with Crippen LogP contribution in [0.15, 0.2) is 90.6 Å². The van der Waals surface area contributed by atoms with Crippen molar-refractivity contribution >= 4 is 40.4 Å².